The monoisotopic (exact) mass is 1850 g/mol. The second kappa shape index (κ2) is 36.8. The predicted molar refractivity (Wildman–Crippen MR) is 506 cm³/mol. The zero-order chi connectivity index (χ0) is 93.9. The first-order valence-corrected chi connectivity index (χ1v) is 47.5. The van der Waals surface area contributed by atoms with Gasteiger partial charge in [0.1, 0.15) is 62.0 Å². The van der Waals surface area contributed by atoms with Gasteiger partial charge in [-0.15, -0.1) is 0 Å². The van der Waals surface area contributed by atoms with E-state index in [0.717, 1.165) is 90.0 Å². The van der Waals surface area contributed by atoms with Crippen molar-refractivity contribution in [2.75, 3.05) is 107 Å². The van der Waals surface area contributed by atoms with E-state index in [1.54, 1.807) is 82.9 Å². The molecule has 12 aromatic rings. The van der Waals surface area contributed by atoms with Crippen molar-refractivity contribution in [1.82, 2.24) is 48.3 Å². The fraction of sp³-hybridized carbons (Fsp3) is 0.371. The quantitative estimate of drug-likeness (QED) is 0.0982. The number of hydrogen-bond donors (Lipinski definition) is 0. The number of carbonyl (C=O) groups is 4. The highest BCUT2D eigenvalue weighted by Gasteiger charge is 2.52. The summed E-state index contributed by atoms with van der Waals surface area (Å²) in [4.78, 5) is 60.6. The van der Waals surface area contributed by atoms with Gasteiger partial charge in [0.15, 0.2) is 34.2 Å². The fourth-order valence-electron chi connectivity index (χ4n) is 20.0. The molecule has 4 amide bonds. The minimum atomic E-state index is -1.15. The van der Waals surface area contributed by atoms with Gasteiger partial charge < -0.3 is 76.3 Å². The molecule has 21 rings (SSSR count). The van der Waals surface area contributed by atoms with Gasteiger partial charge in [0, 0.05) is 199 Å². The number of amides is 4. The van der Waals surface area contributed by atoms with Gasteiger partial charge in [-0.25, -0.2) is 4.39 Å². The third kappa shape index (κ3) is 17.1. The van der Waals surface area contributed by atoms with E-state index < -0.39 is 38.8 Å². The van der Waals surface area contributed by atoms with Crippen molar-refractivity contribution in [3.05, 3.63) is 273 Å². The van der Waals surface area contributed by atoms with E-state index in [4.69, 9.17) is 63.7 Å². The second-order valence-electron chi connectivity index (χ2n) is 37.0. The SMILES string of the molecule is COc1cc(C(=O)N2CCC3(CC2)Oc2cc(Cl)ccc2-n2cccc23)ccc1C1(OC)COC1.COc1cc(C(=O)N2CCC3(CC2)Oc2ccccc2-c2c3cnn2C)ccc1OCC(C)C.COc1cc(C(=O)N2CCC3(CC2)Oc2ccccc2-n2c(S(C)=O)ccc23)ccc1OC(C)(C)C.Cc1c(F)cccc1C(=O)N1CCC2(CC1)Oc1ccccc1-c1c2cnn1C. The third-order valence-corrected chi connectivity index (χ3v) is 28.4. The summed E-state index contributed by atoms with van der Waals surface area (Å²) in [5.74, 6) is 6.14. The number of fused-ring (bicyclic) bond motifs is 16. The van der Waals surface area contributed by atoms with Gasteiger partial charge in [-0.05, 0) is 173 Å². The number of halogens is 2. The number of hydrogen-bond acceptors (Lipinski definition) is 18. The summed E-state index contributed by atoms with van der Waals surface area (Å²) in [6.07, 6.45) is 12.9. The summed E-state index contributed by atoms with van der Waals surface area (Å²) in [6, 6.07) is 58.7. The van der Waals surface area contributed by atoms with Crippen LogP contribution in [0.2, 0.25) is 5.02 Å². The number of aryl methyl sites for hydroxylation is 2. The predicted octanol–water partition coefficient (Wildman–Crippen LogP) is 18.2. The average molecular weight is 1860 g/mol. The van der Waals surface area contributed by atoms with E-state index >= 15 is 0 Å². The van der Waals surface area contributed by atoms with E-state index in [0.29, 0.717) is 191 Å². The summed E-state index contributed by atoms with van der Waals surface area (Å²) in [5.41, 5.74) is 11.0. The lowest BCUT2D eigenvalue weighted by Crippen LogP contribution is -2.50. The minimum Gasteiger partial charge on any atom is -0.496 e. The Kier molecular flexibility index (Phi) is 25.2. The molecule has 13 heterocycles. The van der Waals surface area contributed by atoms with Crippen LogP contribution in [0.3, 0.4) is 0 Å². The molecule has 29 heteroatoms. The summed E-state index contributed by atoms with van der Waals surface area (Å²) in [5, 5.41) is 10.4. The van der Waals surface area contributed by atoms with Crippen molar-refractivity contribution >= 4 is 46.0 Å². The Morgan fingerprint density at radius 1 is 0.493 bits per heavy atom. The zero-order valence-corrected chi connectivity index (χ0v) is 79.4. The summed E-state index contributed by atoms with van der Waals surface area (Å²) in [6.45, 7) is 17.8. The molecule has 1 unspecified atom stereocenters. The van der Waals surface area contributed by atoms with Crippen LogP contribution in [0, 0.1) is 18.7 Å². The molecule has 134 heavy (non-hydrogen) atoms. The molecule has 0 bridgehead atoms. The van der Waals surface area contributed by atoms with Gasteiger partial charge >= 0.3 is 0 Å². The Morgan fingerprint density at radius 2 is 0.970 bits per heavy atom. The van der Waals surface area contributed by atoms with Gasteiger partial charge in [0.05, 0.1) is 98.5 Å². The lowest BCUT2D eigenvalue weighted by atomic mass is 9.81. The van der Waals surface area contributed by atoms with E-state index in [2.05, 4.69) is 51.5 Å². The smallest absolute Gasteiger partial charge is 0.254 e. The molecule has 26 nitrogen and oxygen atoms in total. The van der Waals surface area contributed by atoms with Crippen molar-refractivity contribution in [1.29, 1.82) is 0 Å². The molecule has 0 radical (unpaired) electrons. The molecule has 1 atom stereocenters. The Labute approximate surface area is 787 Å². The van der Waals surface area contributed by atoms with Crippen molar-refractivity contribution in [2.24, 2.45) is 20.0 Å². The summed E-state index contributed by atoms with van der Waals surface area (Å²) in [7, 11) is 9.22. The lowest BCUT2D eigenvalue weighted by Gasteiger charge is -2.45. The maximum Gasteiger partial charge on any atom is 0.254 e. The molecule has 0 saturated carbocycles. The number of aromatic nitrogens is 6. The van der Waals surface area contributed by atoms with E-state index in [9.17, 15) is 27.8 Å². The van der Waals surface area contributed by atoms with Crippen LogP contribution in [0.1, 0.15) is 161 Å². The zero-order valence-electron chi connectivity index (χ0n) is 77.8. The number of likely N-dealkylation sites (tertiary alicyclic amines) is 4. The molecule has 9 aliphatic heterocycles. The van der Waals surface area contributed by atoms with Gasteiger partial charge in [0.25, 0.3) is 23.6 Å². The first-order valence-electron chi connectivity index (χ1n) is 45.6. The van der Waals surface area contributed by atoms with Crippen LogP contribution in [0.15, 0.2) is 212 Å². The molecular weight excluding hydrogens is 1740 g/mol. The number of rotatable bonds is 14. The number of ether oxygens (including phenoxy) is 11. The van der Waals surface area contributed by atoms with Gasteiger partial charge in [-0.1, -0.05) is 74.0 Å². The maximum absolute atomic E-state index is 13.9. The van der Waals surface area contributed by atoms with Crippen LogP contribution in [0.25, 0.3) is 33.9 Å². The van der Waals surface area contributed by atoms with Crippen molar-refractivity contribution in [2.45, 2.75) is 132 Å². The molecule has 9 aliphatic rings. The molecule has 8 aromatic carbocycles. The molecule has 0 N–H and O–H groups in total. The molecule has 698 valence electrons. The first kappa shape index (κ1) is 91.6. The Hall–Kier alpha value is -12.9. The number of para-hydroxylation sites is 4. The molecule has 0 aliphatic carbocycles. The maximum atomic E-state index is 13.9. The summed E-state index contributed by atoms with van der Waals surface area (Å²) < 4.78 is 100. The van der Waals surface area contributed by atoms with Gasteiger partial charge in [-0.3, -0.25) is 37.3 Å². The number of carbonyl (C=O) groups excluding carboxylic acids is 4. The van der Waals surface area contributed by atoms with Crippen LogP contribution in [-0.4, -0.2) is 189 Å². The Balaban J connectivity index is 0.000000120. The van der Waals surface area contributed by atoms with E-state index in [-0.39, 0.29) is 35.0 Å². The van der Waals surface area contributed by atoms with Crippen LogP contribution in [0.4, 0.5) is 4.39 Å². The van der Waals surface area contributed by atoms with Crippen LogP contribution >= 0.6 is 11.6 Å². The van der Waals surface area contributed by atoms with Crippen molar-refractivity contribution < 1.29 is 79.9 Å². The first-order chi connectivity index (χ1) is 64.5. The van der Waals surface area contributed by atoms with Crippen LogP contribution in [-0.2, 0) is 62.4 Å². The highest BCUT2D eigenvalue weighted by molar-refractivity contribution is 7.84. The topological polar surface area (TPSA) is 245 Å². The van der Waals surface area contributed by atoms with Crippen LogP contribution < -0.4 is 42.6 Å². The Bertz CT molecular complexity index is 6490. The van der Waals surface area contributed by atoms with Gasteiger partial charge in [0.2, 0.25) is 0 Å². The van der Waals surface area contributed by atoms with E-state index in [1.165, 1.54) is 6.07 Å². The highest BCUT2D eigenvalue weighted by Crippen LogP contribution is 2.54. The normalized spacial score (nSPS) is 17.4. The lowest BCUT2D eigenvalue weighted by molar-refractivity contribution is -0.203. The minimum absolute atomic E-state index is 0.00817. The molecule has 4 aromatic heterocycles. The third-order valence-electron chi connectivity index (χ3n) is 27.2. The number of piperidine rings is 4. The van der Waals surface area contributed by atoms with Crippen LogP contribution in [0.5, 0.6) is 51.7 Å². The molecule has 5 fully saturated rings. The van der Waals surface area contributed by atoms with Crippen molar-refractivity contribution in [3.8, 4) is 85.6 Å². The Morgan fingerprint density at radius 3 is 1.49 bits per heavy atom. The number of benzene rings is 8. The fourth-order valence-corrected chi connectivity index (χ4v) is 20.9. The largest absolute Gasteiger partial charge is 0.496 e. The average Bonchev–Trinajstić information content (AvgIpc) is 1.53. The van der Waals surface area contributed by atoms with E-state index in [1.807, 2.05) is 205 Å². The number of methoxy groups -OCH3 is 4. The second-order valence-corrected chi connectivity index (χ2v) is 38.7. The van der Waals surface area contributed by atoms with Crippen molar-refractivity contribution in [3.63, 3.8) is 0 Å². The highest BCUT2D eigenvalue weighted by atomic mass is 35.5. The molecule has 5 saturated heterocycles. The standard InChI is InChI=1S/C28H32N2O5S.C27H27ClN2O5.C27H31N3O4.C23H22FN3O2/c1-27(2,3)34-22-11-10-19(18-23(22)33-4)26(31)29-16-14-28(15-17-29)24-12-13-25(36(5)32)30(24)20-8-6-7-9-21(20)35-28;1-32-22-14-18(5-7-20(22)27(33-2)16-34-17-27)25(31)29-12-9-26(10-13-29)24-4-3-11-30(24)21-8-6-19(28)15-23(21)35-26;1-18(2)17-33-23-10-9-19(15-24(23)32-4)26(31)30-13-11-27(12-14-30)21-16-28-29(3)25(21)20-7-5-6-8-22(20)34-27;1-15-16(7-5-8-19(15)24)22(28)27-12-10-23(11-13-27)18-14-25-26(2)21(18)17-6-3-4-9-20(17)29-23/h6-13,18H,14-17H2,1-5H3;3-8,11,14-15H,9-10,12-13,16-17H2,1-2H3;5-10,15-16,18H,11-14,17H2,1-4H3;3-9,14H,10-13H2,1-2H3. The molecular formula is C105H112ClFN10O16S. The number of nitrogens with zero attached hydrogens (tertiary/aromatic N) is 10. The van der Waals surface area contributed by atoms with Gasteiger partial charge in [-0.2, -0.15) is 10.2 Å². The molecule has 4 spiro atoms. The summed E-state index contributed by atoms with van der Waals surface area (Å²) >= 11 is 6.26.